The van der Waals surface area contributed by atoms with Crippen LogP contribution in [-0.4, -0.2) is 29.2 Å². The zero-order valence-electron chi connectivity index (χ0n) is 21.2. The molecule has 0 radical (unpaired) electrons. The van der Waals surface area contributed by atoms with Crippen LogP contribution < -0.4 is 10.2 Å². The van der Waals surface area contributed by atoms with Crippen LogP contribution in [0, 0.1) is 27.4 Å². The monoisotopic (exact) mass is 508 g/mol. The van der Waals surface area contributed by atoms with Gasteiger partial charge < -0.3 is 14.6 Å². The van der Waals surface area contributed by atoms with E-state index >= 15 is 0 Å². The molecule has 0 aromatic heterocycles. The molecule has 0 amide bonds. The number of nitro groups is 1. The first-order valence-electron chi connectivity index (χ1n) is 12.6. The lowest BCUT2D eigenvalue weighted by atomic mass is 9.56. The van der Waals surface area contributed by atoms with Crippen molar-refractivity contribution in [3.63, 3.8) is 0 Å². The number of esters is 1. The van der Waals surface area contributed by atoms with Crippen molar-refractivity contribution in [2.45, 2.75) is 58.2 Å². The Morgan fingerprint density at radius 1 is 1.22 bits per heavy atom. The van der Waals surface area contributed by atoms with Crippen molar-refractivity contribution in [3.8, 4) is 11.5 Å². The molecule has 2 N–H and O–H groups in total. The Balaban J connectivity index is 1.43. The molecule has 0 spiro atoms. The summed E-state index contributed by atoms with van der Waals surface area (Å²) in [7, 11) is 1.54. The quantitative estimate of drug-likeness (QED) is 0.296. The van der Waals surface area contributed by atoms with Crippen LogP contribution in [0.4, 0.5) is 5.69 Å². The van der Waals surface area contributed by atoms with Gasteiger partial charge in [0.25, 0.3) is 5.69 Å². The summed E-state index contributed by atoms with van der Waals surface area (Å²) in [6.45, 7) is 3.92. The fraction of sp³-hybridized carbons (Fsp3) is 0.464. The number of carbonyl (C=O) groups is 1. The van der Waals surface area contributed by atoms with Gasteiger partial charge in [-0.25, -0.2) is 0 Å². The number of methoxy groups -OCH3 is 1. The van der Waals surface area contributed by atoms with Gasteiger partial charge in [-0.3, -0.25) is 25.2 Å². The number of benzene rings is 2. The van der Waals surface area contributed by atoms with E-state index in [-0.39, 0.29) is 47.4 Å². The van der Waals surface area contributed by atoms with Gasteiger partial charge in [0.15, 0.2) is 11.5 Å². The van der Waals surface area contributed by atoms with Gasteiger partial charge in [-0.1, -0.05) is 13.0 Å². The van der Waals surface area contributed by atoms with Crippen LogP contribution in [0.5, 0.6) is 11.5 Å². The Hall–Kier alpha value is -3.59. The van der Waals surface area contributed by atoms with Crippen LogP contribution in [0.1, 0.15) is 62.1 Å². The van der Waals surface area contributed by atoms with Crippen LogP contribution in [-0.2, 0) is 21.0 Å². The number of ether oxygens (including phenoxy) is 2. The van der Waals surface area contributed by atoms with Crippen molar-refractivity contribution >= 4 is 17.4 Å². The molecule has 9 heteroatoms. The molecule has 9 nitrogen and oxygen atoms in total. The van der Waals surface area contributed by atoms with E-state index in [4.69, 9.17) is 14.3 Å². The average Bonchev–Trinajstić information content (AvgIpc) is 3.19. The first kappa shape index (κ1) is 25.1. The number of phenols is 1. The van der Waals surface area contributed by atoms with Gasteiger partial charge in [0.05, 0.1) is 24.3 Å². The number of aromatic hydroxyl groups is 1. The maximum atomic E-state index is 11.8. The maximum absolute atomic E-state index is 11.8. The maximum Gasteiger partial charge on any atom is 0.302 e. The van der Waals surface area contributed by atoms with Gasteiger partial charge in [-0.2, -0.15) is 0 Å². The number of non-ortho nitro benzene ring substituents is 1. The molecule has 5 rings (SSSR count). The number of rotatable bonds is 7. The van der Waals surface area contributed by atoms with Gasteiger partial charge in [0.2, 0.25) is 0 Å². The summed E-state index contributed by atoms with van der Waals surface area (Å²) >= 11 is 0. The zero-order chi connectivity index (χ0) is 26.3. The number of hydrogen-bond acceptors (Lipinski definition) is 8. The molecule has 0 aliphatic heterocycles. The average molecular weight is 509 g/mol. The molecule has 3 aliphatic rings. The highest BCUT2D eigenvalue weighted by atomic mass is 16.6. The molecule has 37 heavy (non-hydrogen) atoms. The Kier molecular flexibility index (Phi) is 6.58. The molecule has 196 valence electrons. The van der Waals surface area contributed by atoms with E-state index in [1.807, 2.05) is 6.07 Å². The molecule has 3 aliphatic carbocycles. The normalized spacial score (nSPS) is 27.8. The van der Waals surface area contributed by atoms with Gasteiger partial charge >= 0.3 is 5.97 Å². The highest BCUT2D eigenvalue weighted by Crippen LogP contribution is 2.61. The predicted octanol–water partition coefficient (Wildman–Crippen LogP) is 5.23. The number of allylic oxidation sites excluding steroid dienone is 1. The molecular formula is C28H32N2O7. The SMILES string of the molecule is COc1cc2c(cc1O)C(NOCc1ccc([N+](=O)[O-])cc1)=C[C@@H]1[C@@H]2CC[C@]2(C)[C@@H](OC(C)=O)CC[C@@H]12. The summed E-state index contributed by atoms with van der Waals surface area (Å²) in [5, 5.41) is 21.5. The number of nitrogens with one attached hydrogen (secondary N) is 1. The third-order valence-corrected chi connectivity index (χ3v) is 8.52. The largest absolute Gasteiger partial charge is 0.504 e. The lowest BCUT2D eigenvalue weighted by molar-refractivity contribution is -0.384. The van der Waals surface area contributed by atoms with Gasteiger partial charge in [-0.05, 0) is 78.8 Å². The predicted molar refractivity (Wildman–Crippen MR) is 136 cm³/mol. The van der Waals surface area contributed by atoms with Crippen molar-refractivity contribution in [2.24, 2.45) is 17.3 Å². The first-order valence-corrected chi connectivity index (χ1v) is 12.6. The Morgan fingerprint density at radius 3 is 2.65 bits per heavy atom. The van der Waals surface area contributed by atoms with Gasteiger partial charge in [-0.15, -0.1) is 0 Å². The smallest absolute Gasteiger partial charge is 0.302 e. The van der Waals surface area contributed by atoms with Crippen LogP contribution in [0.3, 0.4) is 0 Å². The summed E-state index contributed by atoms with van der Waals surface area (Å²) in [5.41, 5.74) is 6.52. The second-order valence-electron chi connectivity index (χ2n) is 10.5. The molecule has 0 saturated heterocycles. The summed E-state index contributed by atoms with van der Waals surface area (Å²) in [5.74, 6) is 1.03. The lowest BCUT2D eigenvalue weighted by Gasteiger charge is -2.49. The van der Waals surface area contributed by atoms with Crippen LogP contribution in [0.2, 0.25) is 0 Å². The minimum Gasteiger partial charge on any atom is -0.504 e. The second kappa shape index (κ2) is 9.70. The number of hydrogen-bond donors (Lipinski definition) is 2. The first-order chi connectivity index (χ1) is 17.7. The molecular weight excluding hydrogens is 476 g/mol. The van der Waals surface area contributed by atoms with E-state index in [9.17, 15) is 20.0 Å². The lowest BCUT2D eigenvalue weighted by Crippen LogP contribution is -2.44. The van der Waals surface area contributed by atoms with Crippen LogP contribution >= 0.6 is 0 Å². The third kappa shape index (κ3) is 4.52. The number of fused-ring (bicyclic) bond motifs is 5. The third-order valence-electron chi connectivity index (χ3n) is 8.52. The molecule has 2 saturated carbocycles. The van der Waals surface area contributed by atoms with Crippen molar-refractivity contribution in [1.82, 2.24) is 5.48 Å². The van der Waals surface area contributed by atoms with E-state index < -0.39 is 4.92 Å². The minimum atomic E-state index is -0.434. The zero-order valence-corrected chi connectivity index (χ0v) is 21.2. The highest BCUT2D eigenvalue weighted by molar-refractivity contribution is 5.73. The molecule has 2 aromatic rings. The van der Waals surface area contributed by atoms with Crippen LogP contribution in [0.15, 0.2) is 42.5 Å². The van der Waals surface area contributed by atoms with Crippen molar-refractivity contribution in [3.05, 3.63) is 69.3 Å². The van der Waals surface area contributed by atoms with Crippen LogP contribution in [0.25, 0.3) is 5.70 Å². The molecule has 5 atom stereocenters. The van der Waals surface area contributed by atoms with Gasteiger partial charge in [0.1, 0.15) is 6.10 Å². The van der Waals surface area contributed by atoms with E-state index in [0.717, 1.165) is 48.1 Å². The number of carbonyl (C=O) groups excluding carboxylic acids is 1. The minimum absolute atomic E-state index is 0.0278. The van der Waals surface area contributed by atoms with E-state index in [1.54, 1.807) is 25.3 Å². The Bertz CT molecular complexity index is 1240. The van der Waals surface area contributed by atoms with Crippen molar-refractivity contribution < 1.29 is 29.1 Å². The van der Waals surface area contributed by atoms with E-state index in [2.05, 4.69) is 18.5 Å². The number of nitro benzene ring substituents is 1. The molecule has 2 aromatic carbocycles. The summed E-state index contributed by atoms with van der Waals surface area (Å²) < 4.78 is 11.2. The Labute approximate surface area is 215 Å². The highest BCUT2D eigenvalue weighted by Gasteiger charge is 2.56. The summed E-state index contributed by atoms with van der Waals surface area (Å²) in [6.07, 6.45) is 5.81. The standard InChI is InChI=1S/C28H32N2O7/c1-16(31)37-27-9-8-23-21-12-24(29-36-15-17-4-6-18(7-5-17)30(33)34)22-13-25(32)26(35-3)14-20(22)19(21)10-11-28(23,27)2/h4-7,12-14,19,21,23,27,29,32H,8-11,15H2,1-3H3/t19-,21-,23+,27+,28+/m1/s1. The summed E-state index contributed by atoms with van der Waals surface area (Å²) in [6, 6.07) is 9.86. The fourth-order valence-electron chi connectivity index (χ4n) is 6.71. The molecule has 0 unspecified atom stereocenters. The fourth-order valence-corrected chi connectivity index (χ4v) is 6.71. The number of hydroxylamine groups is 1. The molecule has 0 heterocycles. The Morgan fingerprint density at radius 2 is 1.97 bits per heavy atom. The number of phenolic OH excluding ortho intramolecular Hbond substituents is 1. The summed E-state index contributed by atoms with van der Waals surface area (Å²) in [4.78, 5) is 28.1. The molecule has 0 bridgehead atoms. The van der Waals surface area contributed by atoms with Crippen molar-refractivity contribution in [1.29, 1.82) is 0 Å². The van der Waals surface area contributed by atoms with Crippen molar-refractivity contribution in [2.75, 3.05) is 7.11 Å². The topological polar surface area (TPSA) is 120 Å². The van der Waals surface area contributed by atoms with E-state index in [1.165, 1.54) is 19.1 Å². The van der Waals surface area contributed by atoms with E-state index in [0.29, 0.717) is 11.7 Å². The number of nitrogens with zero attached hydrogens (tertiary/aromatic N) is 1. The second-order valence-corrected chi connectivity index (χ2v) is 10.5. The van der Waals surface area contributed by atoms with Gasteiger partial charge in [0, 0.05) is 30.0 Å². The molecule has 2 fully saturated rings.